The zero-order valence-electron chi connectivity index (χ0n) is 10.9. The van der Waals surface area contributed by atoms with E-state index in [4.69, 9.17) is 0 Å². The van der Waals surface area contributed by atoms with Crippen LogP contribution < -0.4 is 5.32 Å². The van der Waals surface area contributed by atoms with Crippen molar-refractivity contribution in [2.24, 2.45) is 7.05 Å². The molecular weight excluding hydrogens is 200 g/mol. The Labute approximate surface area is 98.6 Å². The number of nitrogens with zero attached hydrogens (tertiary/aromatic N) is 3. The third-order valence-corrected chi connectivity index (χ3v) is 3.00. The molecule has 0 aliphatic carbocycles. The van der Waals surface area contributed by atoms with Gasteiger partial charge in [0.2, 0.25) is 0 Å². The normalized spacial score (nSPS) is 13.3. The fraction of sp³-hybridized carbons (Fsp3) is 0.750. The lowest BCUT2D eigenvalue weighted by Crippen LogP contribution is -2.32. The Balaban J connectivity index is 2.27. The van der Waals surface area contributed by atoms with Crippen LogP contribution in [0.3, 0.4) is 0 Å². The Hall–Kier alpha value is -0.870. The average molecular weight is 224 g/mol. The molecule has 4 nitrogen and oxygen atoms in total. The van der Waals surface area contributed by atoms with Gasteiger partial charge in [0.15, 0.2) is 0 Å². The molecule has 0 saturated carbocycles. The maximum atomic E-state index is 4.18. The van der Waals surface area contributed by atoms with Gasteiger partial charge in [-0.2, -0.15) is 5.10 Å². The molecule has 92 valence electrons. The van der Waals surface area contributed by atoms with E-state index in [9.17, 15) is 0 Å². The van der Waals surface area contributed by atoms with Gasteiger partial charge in [-0.3, -0.25) is 4.68 Å². The molecule has 1 aromatic rings. The number of aryl methyl sites for hydroxylation is 1. The van der Waals surface area contributed by atoms with Crippen molar-refractivity contribution in [2.45, 2.75) is 26.8 Å². The van der Waals surface area contributed by atoms with Crippen molar-refractivity contribution in [3.8, 4) is 0 Å². The molecule has 1 unspecified atom stereocenters. The van der Waals surface area contributed by atoms with E-state index in [0.29, 0.717) is 6.04 Å². The summed E-state index contributed by atoms with van der Waals surface area (Å²) in [6, 6.07) is 0.379. The predicted molar refractivity (Wildman–Crippen MR) is 67.4 cm³/mol. The molecule has 0 bridgehead atoms. The molecule has 1 heterocycles. The lowest BCUT2D eigenvalue weighted by Gasteiger charge is -2.19. The summed E-state index contributed by atoms with van der Waals surface area (Å²) >= 11 is 0. The number of nitrogens with one attached hydrogen (secondary N) is 1. The molecule has 1 aromatic heterocycles. The quantitative estimate of drug-likeness (QED) is 0.760. The molecule has 0 fully saturated rings. The van der Waals surface area contributed by atoms with Crippen LogP contribution in [0.25, 0.3) is 0 Å². The van der Waals surface area contributed by atoms with E-state index in [1.807, 2.05) is 17.9 Å². The molecule has 0 spiro atoms. The minimum absolute atomic E-state index is 0.379. The fourth-order valence-corrected chi connectivity index (χ4v) is 1.76. The molecule has 1 atom stereocenters. The van der Waals surface area contributed by atoms with E-state index in [1.165, 1.54) is 5.56 Å². The van der Waals surface area contributed by atoms with E-state index < -0.39 is 0 Å². The summed E-state index contributed by atoms with van der Waals surface area (Å²) in [4.78, 5) is 2.42. The van der Waals surface area contributed by atoms with Crippen LogP contribution in [0.2, 0.25) is 0 Å². The summed E-state index contributed by atoms with van der Waals surface area (Å²) in [5.41, 5.74) is 1.25. The summed E-state index contributed by atoms with van der Waals surface area (Å²) in [6.07, 6.45) is 3.99. The standard InChI is InChI=1S/C12H24N4/c1-5-16(6-2)8-7-13-11(3)12-9-14-15(4)10-12/h9-11,13H,5-8H2,1-4H3. The van der Waals surface area contributed by atoms with Crippen molar-refractivity contribution >= 4 is 0 Å². The number of likely N-dealkylation sites (N-methyl/N-ethyl adjacent to an activating group) is 1. The van der Waals surface area contributed by atoms with E-state index in [0.717, 1.165) is 26.2 Å². The van der Waals surface area contributed by atoms with Gasteiger partial charge in [-0.1, -0.05) is 13.8 Å². The Kier molecular flexibility index (Phi) is 5.49. The van der Waals surface area contributed by atoms with E-state index in [2.05, 4.69) is 42.3 Å². The fourth-order valence-electron chi connectivity index (χ4n) is 1.76. The minimum atomic E-state index is 0.379. The Morgan fingerprint density at radius 2 is 2.12 bits per heavy atom. The van der Waals surface area contributed by atoms with Crippen LogP contribution in [0, 0.1) is 0 Å². The van der Waals surface area contributed by atoms with Gasteiger partial charge in [0.25, 0.3) is 0 Å². The monoisotopic (exact) mass is 224 g/mol. The van der Waals surface area contributed by atoms with Gasteiger partial charge in [0, 0.05) is 37.9 Å². The second kappa shape index (κ2) is 6.66. The smallest absolute Gasteiger partial charge is 0.0537 e. The lowest BCUT2D eigenvalue weighted by molar-refractivity contribution is 0.298. The summed E-state index contributed by atoms with van der Waals surface area (Å²) in [5.74, 6) is 0. The summed E-state index contributed by atoms with van der Waals surface area (Å²) in [5, 5.41) is 7.70. The molecule has 4 heteroatoms. The molecule has 0 saturated heterocycles. The highest BCUT2D eigenvalue weighted by Crippen LogP contribution is 2.09. The number of aromatic nitrogens is 2. The topological polar surface area (TPSA) is 33.1 Å². The van der Waals surface area contributed by atoms with Gasteiger partial charge in [0.05, 0.1) is 6.20 Å². The summed E-state index contributed by atoms with van der Waals surface area (Å²) in [6.45, 7) is 11.0. The first-order valence-electron chi connectivity index (χ1n) is 6.11. The van der Waals surface area contributed by atoms with Gasteiger partial charge in [-0.25, -0.2) is 0 Å². The average Bonchev–Trinajstić information content (AvgIpc) is 2.71. The Morgan fingerprint density at radius 1 is 1.44 bits per heavy atom. The van der Waals surface area contributed by atoms with Crippen molar-refractivity contribution in [1.29, 1.82) is 0 Å². The maximum absolute atomic E-state index is 4.18. The van der Waals surface area contributed by atoms with Crippen LogP contribution in [-0.4, -0.2) is 40.9 Å². The third kappa shape index (κ3) is 3.94. The number of hydrogen-bond acceptors (Lipinski definition) is 3. The third-order valence-electron chi connectivity index (χ3n) is 3.00. The highest BCUT2D eigenvalue weighted by atomic mass is 15.2. The zero-order valence-corrected chi connectivity index (χ0v) is 10.9. The molecule has 1 N–H and O–H groups in total. The van der Waals surface area contributed by atoms with Crippen LogP contribution in [0.5, 0.6) is 0 Å². The first kappa shape index (κ1) is 13.2. The van der Waals surface area contributed by atoms with Crippen molar-refractivity contribution in [2.75, 3.05) is 26.2 Å². The summed E-state index contributed by atoms with van der Waals surface area (Å²) in [7, 11) is 1.95. The maximum Gasteiger partial charge on any atom is 0.0537 e. The van der Waals surface area contributed by atoms with Crippen LogP contribution in [-0.2, 0) is 7.05 Å². The molecule has 0 radical (unpaired) electrons. The second-order valence-corrected chi connectivity index (χ2v) is 4.15. The number of rotatable bonds is 7. The molecule has 0 aromatic carbocycles. The summed E-state index contributed by atoms with van der Waals surface area (Å²) < 4.78 is 1.85. The van der Waals surface area contributed by atoms with Gasteiger partial charge in [-0.15, -0.1) is 0 Å². The van der Waals surface area contributed by atoms with E-state index in [-0.39, 0.29) is 0 Å². The Morgan fingerprint density at radius 3 is 2.62 bits per heavy atom. The first-order chi connectivity index (χ1) is 7.67. The molecular formula is C12H24N4. The van der Waals surface area contributed by atoms with Gasteiger partial charge in [-0.05, 0) is 20.0 Å². The van der Waals surface area contributed by atoms with Crippen LogP contribution in [0.1, 0.15) is 32.4 Å². The molecule has 1 rings (SSSR count). The van der Waals surface area contributed by atoms with Gasteiger partial charge >= 0.3 is 0 Å². The van der Waals surface area contributed by atoms with Crippen LogP contribution in [0.4, 0.5) is 0 Å². The lowest BCUT2D eigenvalue weighted by atomic mass is 10.2. The van der Waals surface area contributed by atoms with Crippen LogP contribution >= 0.6 is 0 Å². The molecule has 0 amide bonds. The van der Waals surface area contributed by atoms with Crippen LogP contribution in [0.15, 0.2) is 12.4 Å². The largest absolute Gasteiger partial charge is 0.309 e. The number of hydrogen-bond donors (Lipinski definition) is 1. The van der Waals surface area contributed by atoms with Gasteiger partial charge < -0.3 is 10.2 Å². The van der Waals surface area contributed by atoms with E-state index in [1.54, 1.807) is 0 Å². The predicted octanol–water partition coefficient (Wildman–Crippen LogP) is 1.41. The van der Waals surface area contributed by atoms with Crippen molar-refractivity contribution < 1.29 is 0 Å². The first-order valence-corrected chi connectivity index (χ1v) is 6.11. The van der Waals surface area contributed by atoms with Crippen molar-refractivity contribution in [3.05, 3.63) is 18.0 Å². The van der Waals surface area contributed by atoms with Crippen molar-refractivity contribution in [1.82, 2.24) is 20.0 Å². The molecule has 16 heavy (non-hydrogen) atoms. The highest BCUT2D eigenvalue weighted by Gasteiger charge is 2.06. The minimum Gasteiger partial charge on any atom is -0.309 e. The van der Waals surface area contributed by atoms with Gasteiger partial charge in [0.1, 0.15) is 0 Å². The second-order valence-electron chi connectivity index (χ2n) is 4.15. The SMILES string of the molecule is CCN(CC)CCNC(C)c1cnn(C)c1. The Bertz CT molecular complexity index is 291. The van der Waals surface area contributed by atoms with Crippen molar-refractivity contribution in [3.63, 3.8) is 0 Å². The zero-order chi connectivity index (χ0) is 12.0. The highest BCUT2D eigenvalue weighted by molar-refractivity contribution is 5.08. The van der Waals surface area contributed by atoms with E-state index >= 15 is 0 Å². The molecule has 0 aliphatic rings. The molecule has 0 aliphatic heterocycles.